The van der Waals surface area contributed by atoms with Crippen molar-refractivity contribution >= 4 is 17.0 Å². The highest BCUT2D eigenvalue weighted by molar-refractivity contribution is 5.77. The Morgan fingerprint density at radius 2 is 1.97 bits per heavy atom. The highest BCUT2D eigenvalue weighted by atomic mass is 19.1. The molecule has 0 radical (unpaired) electrons. The Bertz CT molecular complexity index is 978. The van der Waals surface area contributed by atoms with Gasteiger partial charge in [0.15, 0.2) is 0 Å². The van der Waals surface area contributed by atoms with Crippen LogP contribution in [0.3, 0.4) is 0 Å². The maximum atomic E-state index is 13.4. The van der Waals surface area contributed by atoms with Gasteiger partial charge in [-0.25, -0.2) is 9.37 Å². The summed E-state index contributed by atoms with van der Waals surface area (Å²) in [5.74, 6) is 0.450. The zero-order valence-electron chi connectivity index (χ0n) is 16.7. The molecule has 6 heteroatoms. The minimum atomic E-state index is -0.481. The number of nitrogens with one attached hydrogen (secondary N) is 1. The second-order valence-corrected chi connectivity index (χ2v) is 7.78. The van der Waals surface area contributed by atoms with Crippen molar-refractivity contribution < 1.29 is 13.9 Å². The molecule has 0 aliphatic carbocycles. The number of carbonyl (C=O) groups is 1. The molecular weight excluding hydrogens is 369 g/mol. The monoisotopic (exact) mass is 395 g/mol. The van der Waals surface area contributed by atoms with Gasteiger partial charge in [-0.05, 0) is 63.0 Å². The average Bonchev–Trinajstić information content (AvgIpc) is 3.12. The van der Waals surface area contributed by atoms with E-state index in [1.165, 1.54) is 12.1 Å². The Hall–Kier alpha value is -2.73. The summed E-state index contributed by atoms with van der Waals surface area (Å²) in [6, 6.07) is 14.7. The molecule has 0 saturated carbocycles. The summed E-state index contributed by atoms with van der Waals surface area (Å²) in [6.45, 7) is 4.48. The van der Waals surface area contributed by atoms with Crippen molar-refractivity contribution in [2.75, 3.05) is 19.7 Å². The number of piperidine rings is 1. The lowest BCUT2D eigenvalue weighted by Crippen LogP contribution is -2.46. The van der Waals surface area contributed by atoms with Crippen molar-refractivity contribution in [2.45, 2.75) is 32.7 Å². The van der Waals surface area contributed by atoms with Crippen LogP contribution < -0.4 is 0 Å². The molecule has 0 spiro atoms. The second-order valence-electron chi connectivity index (χ2n) is 7.78. The molecule has 3 aromatic rings. The first-order valence-corrected chi connectivity index (χ1v) is 10.2. The van der Waals surface area contributed by atoms with Gasteiger partial charge in [0.05, 0.1) is 29.6 Å². The Morgan fingerprint density at radius 1 is 1.21 bits per heavy atom. The predicted octanol–water partition coefficient (Wildman–Crippen LogP) is 4.09. The zero-order valence-corrected chi connectivity index (χ0v) is 16.7. The molecule has 5 nitrogen and oxygen atoms in total. The Morgan fingerprint density at radius 3 is 2.69 bits per heavy atom. The lowest BCUT2D eigenvalue weighted by atomic mass is 9.73. The molecule has 0 amide bonds. The Balaban J connectivity index is 1.46. The van der Waals surface area contributed by atoms with Gasteiger partial charge < -0.3 is 9.72 Å². The molecule has 1 aliphatic heterocycles. The molecule has 2 heterocycles. The number of nitrogens with zero attached hydrogens (tertiary/aromatic N) is 2. The molecule has 0 bridgehead atoms. The van der Waals surface area contributed by atoms with Gasteiger partial charge in [-0.2, -0.15) is 0 Å². The highest BCUT2D eigenvalue weighted by Crippen LogP contribution is 2.37. The number of aromatic amines is 1. The third-order valence-electron chi connectivity index (χ3n) is 5.77. The van der Waals surface area contributed by atoms with E-state index < -0.39 is 5.41 Å². The van der Waals surface area contributed by atoms with Crippen LogP contribution in [0.4, 0.5) is 4.39 Å². The van der Waals surface area contributed by atoms with Crippen LogP contribution in [0.2, 0.25) is 0 Å². The van der Waals surface area contributed by atoms with Crippen LogP contribution in [-0.4, -0.2) is 40.5 Å². The maximum Gasteiger partial charge on any atom is 0.312 e. The maximum absolute atomic E-state index is 13.4. The summed E-state index contributed by atoms with van der Waals surface area (Å²) < 4.78 is 18.9. The van der Waals surface area contributed by atoms with Crippen LogP contribution in [0, 0.1) is 11.2 Å². The normalized spacial score (nSPS) is 16.8. The molecule has 1 N–H and O–H groups in total. The summed E-state index contributed by atoms with van der Waals surface area (Å²) in [6.07, 6.45) is 2.19. The lowest BCUT2D eigenvalue weighted by Gasteiger charge is -2.39. The van der Waals surface area contributed by atoms with Crippen LogP contribution in [0.5, 0.6) is 0 Å². The minimum Gasteiger partial charge on any atom is -0.466 e. The zero-order chi connectivity index (χ0) is 20.3. The molecule has 1 aliphatic rings. The summed E-state index contributed by atoms with van der Waals surface area (Å²) >= 11 is 0. The van der Waals surface area contributed by atoms with Gasteiger partial charge in [0, 0.05) is 0 Å². The standard InChI is InChI=1S/C23H26FN3O2/c1-2-29-22(28)23(15-17-6-4-3-5-7-17)10-12-27(13-11-23)16-21-25-19-9-8-18(24)14-20(19)26-21/h3-9,14H,2,10-13,15-16H2,1H3,(H,25,26). The first kappa shape index (κ1) is 19.6. The molecule has 1 fully saturated rings. The van der Waals surface area contributed by atoms with Crippen molar-refractivity contribution in [1.29, 1.82) is 0 Å². The quantitative estimate of drug-likeness (QED) is 0.639. The fraction of sp³-hybridized carbons (Fsp3) is 0.391. The van der Waals surface area contributed by atoms with Gasteiger partial charge in [0.2, 0.25) is 0 Å². The Labute approximate surface area is 169 Å². The van der Waals surface area contributed by atoms with E-state index in [9.17, 15) is 9.18 Å². The Kier molecular flexibility index (Phi) is 5.62. The van der Waals surface area contributed by atoms with E-state index in [0.717, 1.165) is 42.8 Å². The number of esters is 1. The van der Waals surface area contributed by atoms with Crippen LogP contribution in [-0.2, 0) is 22.5 Å². The predicted molar refractivity (Wildman–Crippen MR) is 110 cm³/mol. The largest absolute Gasteiger partial charge is 0.466 e. The van der Waals surface area contributed by atoms with E-state index in [4.69, 9.17) is 4.74 Å². The van der Waals surface area contributed by atoms with Gasteiger partial charge in [0.25, 0.3) is 0 Å². The van der Waals surface area contributed by atoms with Crippen LogP contribution in [0.15, 0.2) is 48.5 Å². The van der Waals surface area contributed by atoms with Gasteiger partial charge in [-0.1, -0.05) is 30.3 Å². The molecule has 152 valence electrons. The minimum absolute atomic E-state index is 0.0947. The van der Waals surface area contributed by atoms with Crippen molar-refractivity contribution in [3.05, 3.63) is 65.7 Å². The first-order valence-electron chi connectivity index (χ1n) is 10.2. The van der Waals surface area contributed by atoms with Gasteiger partial charge >= 0.3 is 5.97 Å². The second kappa shape index (κ2) is 8.33. The van der Waals surface area contributed by atoms with Crippen LogP contribution >= 0.6 is 0 Å². The number of imidazole rings is 1. The van der Waals surface area contributed by atoms with Crippen molar-refractivity contribution in [1.82, 2.24) is 14.9 Å². The van der Waals surface area contributed by atoms with Gasteiger partial charge in [-0.15, -0.1) is 0 Å². The topological polar surface area (TPSA) is 58.2 Å². The van der Waals surface area contributed by atoms with E-state index in [-0.39, 0.29) is 11.8 Å². The molecule has 0 atom stereocenters. The first-order chi connectivity index (χ1) is 14.1. The van der Waals surface area contributed by atoms with E-state index in [1.807, 2.05) is 25.1 Å². The third kappa shape index (κ3) is 4.32. The van der Waals surface area contributed by atoms with E-state index in [2.05, 4.69) is 27.0 Å². The highest BCUT2D eigenvalue weighted by Gasteiger charge is 2.42. The average molecular weight is 395 g/mol. The van der Waals surface area contributed by atoms with E-state index >= 15 is 0 Å². The number of fused-ring (bicyclic) bond motifs is 1. The fourth-order valence-electron chi connectivity index (χ4n) is 4.18. The molecule has 2 aromatic carbocycles. The molecular formula is C23H26FN3O2. The fourth-order valence-corrected chi connectivity index (χ4v) is 4.18. The molecule has 29 heavy (non-hydrogen) atoms. The molecule has 1 aromatic heterocycles. The van der Waals surface area contributed by atoms with E-state index in [0.29, 0.717) is 25.1 Å². The summed E-state index contributed by atoms with van der Waals surface area (Å²) in [5, 5.41) is 0. The number of benzene rings is 2. The summed E-state index contributed by atoms with van der Waals surface area (Å²) in [4.78, 5) is 22.9. The number of hydrogen-bond acceptors (Lipinski definition) is 4. The van der Waals surface area contributed by atoms with Crippen LogP contribution in [0.1, 0.15) is 31.2 Å². The smallest absolute Gasteiger partial charge is 0.312 e. The van der Waals surface area contributed by atoms with Crippen molar-refractivity contribution in [3.8, 4) is 0 Å². The number of aromatic nitrogens is 2. The van der Waals surface area contributed by atoms with Crippen LogP contribution in [0.25, 0.3) is 11.0 Å². The summed E-state index contributed by atoms with van der Waals surface area (Å²) in [5.41, 5.74) is 2.16. The number of H-pyrrole nitrogens is 1. The summed E-state index contributed by atoms with van der Waals surface area (Å²) in [7, 11) is 0. The van der Waals surface area contributed by atoms with Gasteiger partial charge in [0.1, 0.15) is 11.6 Å². The third-order valence-corrected chi connectivity index (χ3v) is 5.77. The number of hydrogen-bond donors (Lipinski definition) is 1. The van der Waals surface area contributed by atoms with Crippen molar-refractivity contribution in [3.63, 3.8) is 0 Å². The number of ether oxygens (including phenoxy) is 1. The van der Waals surface area contributed by atoms with Crippen molar-refractivity contribution in [2.24, 2.45) is 5.41 Å². The molecule has 1 saturated heterocycles. The number of halogens is 1. The molecule has 4 rings (SSSR count). The number of likely N-dealkylation sites (tertiary alicyclic amines) is 1. The lowest BCUT2D eigenvalue weighted by molar-refractivity contribution is -0.158. The number of rotatable bonds is 6. The SMILES string of the molecule is CCOC(=O)C1(Cc2ccccc2)CCN(Cc2nc3ccc(F)cc3[nH]2)CC1. The molecule has 0 unspecified atom stereocenters. The van der Waals surface area contributed by atoms with Gasteiger partial charge in [-0.3, -0.25) is 9.69 Å². The van der Waals surface area contributed by atoms with E-state index in [1.54, 1.807) is 6.07 Å². The number of carbonyl (C=O) groups excluding carboxylic acids is 1.